The van der Waals surface area contributed by atoms with Gasteiger partial charge < -0.3 is 9.32 Å². The molecule has 0 saturated carbocycles. The lowest BCUT2D eigenvalue weighted by Gasteiger charge is -2.32. The quantitative estimate of drug-likeness (QED) is 0.169. The summed E-state index contributed by atoms with van der Waals surface area (Å²) >= 11 is 0. The molecule has 1 aliphatic rings. The normalized spacial score (nSPS) is 12.9. The molecule has 0 aliphatic heterocycles. The molecule has 9 aromatic carbocycles. The van der Waals surface area contributed by atoms with Gasteiger partial charge in [0.05, 0.1) is 17.1 Å². The number of furan rings is 1. The third-order valence-electron chi connectivity index (χ3n) is 12.1. The minimum Gasteiger partial charge on any atom is -0.456 e. The molecule has 0 saturated heterocycles. The van der Waals surface area contributed by atoms with Gasteiger partial charge in [-0.2, -0.15) is 0 Å². The second-order valence-electron chi connectivity index (χ2n) is 15.7. The SMILES string of the molecule is CC1(C)c2ccccc2-c2cc(-c3c(-c4ccccc4)cccc3N(c3ccccc3-c3ccc4c(c3)oc3ccccc34)c3cccc4ccccc34)ccc21. The van der Waals surface area contributed by atoms with E-state index in [9.17, 15) is 0 Å². The molecule has 0 radical (unpaired) electrons. The van der Waals surface area contributed by atoms with Gasteiger partial charge in [0.2, 0.25) is 0 Å². The molecular formula is C55H39NO. The van der Waals surface area contributed by atoms with Crippen molar-refractivity contribution in [3.8, 4) is 44.5 Å². The minimum absolute atomic E-state index is 0.0822. The van der Waals surface area contributed by atoms with Crippen molar-refractivity contribution in [1.82, 2.24) is 0 Å². The highest BCUT2D eigenvalue weighted by Crippen LogP contribution is 2.53. The number of fused-ring (bicyclic) bond motifs is 7. The first-order valence-corrected chi connectivity index (χ1v) is 19.8. The molecule has 0 N–H and O–H groups in total. The van der Waals surface area contributed by atoms with E-state index >= 15 is 0 Å². The Kier molecular flexibility index (Phi) is 7.55. The lowest BCUT2D eigenvalue weighted by atomic mass is 9.82. The van der Waals surface area contributed by atoms with Gasteiger partial charge in [-0.05, 0) is 92.4 Å². The zero-order valence-electron chi connectivity index (χ0n) is 31.9. The topological polar surface area (TPSA) is 16.4 Å². The first-order valence-electron chi connectivity index (χ1n) is 19.8. The number of para-hydroxylation sites is 2. The molecule has 2 nitrogen and oxygen atoms in total. The standard InChI is InChI=1S/C55H39NO/c1-55(2)47-25-11-8-22-43(47)46-34-39(31-33-48(46)55)54-42(37-16-4-3-5-17-37)24-15-28-51(54)56(50-27-14-19-36-18-6-7-20-40(36)50)49-26-12-9-21-41(49)38-30-32-45-44-23-10-13-29-52(44)57-53(45)35-38/h3-35H,1-2H3. The fourth-order valence-electron chi connectivity index (χ4n) is 9.36. The molecule has 1 aliphatic carbocycles. The fourth-order valence-corrected chi connectivity index (χ4v) is 9.36. The monoisotopic (exact) mass is 729 g/mol. The maximum Gasteiger partial charge on any atom is 0.136 e. The average Bonchev–Trinajstić information content (AvgIpc) is 3.75. The summed E-state index contributed by atoms with van der Waals surface area (Å²) in [5, 5.41) is 4.63. The van der Waals surface area contributed by atoms with Crippen LogP contribution in [0.25, 0.3) is 77.2 Å². The predicted molar refractivity (Wildman–Crippen MR) is 240 cm³/mol. The Labute approximate surface area is 332 Å². The molecule has 2 heteroatoms. The Balaban J connectivity index is 1.21. The van der Waals surface area contributed by atoms with Crippen LogP contribution in [0.4, 0.5) is 17.1 Å². The van der Waals surface area contributed by atoms with E-state index in [1.165, 1.54) is 55.3 Å². The van der Waals surface area contributed by atoms with Crippen LogP contribution >= 0.6 is 0 Å². The summed E-state index contributed by atoms with van der Waals surface area (Å²) in [7, 11) is 0. The Hall–Kier alpha value is -7.16. The van der Waals surface area contributed by atoms with Gasteiger partial charge >= 0.3 is 0 Å². The van der Waals surface area contributed by atoms with Gasteiger partial charge in [0.15, 0.2) is 0 Å². The van der Waals surface area contributed by atoms with Crippen LogP contribution in [0, 0.1) is 0 Å². The number of hydrogen-bond donors (Lipinski definition) is 0. The van der Waals surface area contributed by atoms with Gasteiger partial charge in [0, 0.05) is 32.7 Å². The molecule has 0 atom stereocenters. The lowest BCUT2D eigenvalue weighted by Crippen LogP contribution is -2.15. The fraction of sp³-hybridized carbons (Fsp3) is 0.0545. The van der Waals surface area contributed by atoms with Crippen molar-refractivity contribution in [2.45, 2.75) is 19.3 Å². The first-order chi connectivity index (χ1) is 28.0. The summed E-state index contributed by atoms with van der Waals surface area (Å²) in [6.45, 7) is 4.70. The second kappa shape index (κ2) is 13.0. The highest BCUT2D eigenvalue weighted by atomic mass is 16.3. The van der Waals surface area contributed by atoms with E-state index in [-0.39, 0.29) is 5.41 Å². The summed E-state index contributed by atoms with van der Waals surface area (Å²) in [6, 6.07) is 72.8. The maximum absolute atomic E-state index is 6.45. The van der Waals surface area contributed by atoms with Crippen molar-refractivity contribution in [3.05, 3.63) is 211 Å². The van der Waals surface area contributed by atoms with Crippen molar-refractivity contribution in [2.24, 2.45) is 0 Å². The Morgan fingerprint density at radius 3 is 1.88 bits per heavy atom. The van der Waals surface area contributed by atoms with Crippen LogP contribution in [-0.2, 0) is 5.41 Å². The van der Waals surface area contributed by atoms with Gasteiger partial charge in [-0.25, -0.2) is 0 Å². The first kappa shape index (κ1) is 33.2. The number of anilines is 3. The maximum atomic E-state index is 6.45. The van der Waals surface area contributed by atoms with Gasteiger partial charge in [-0.1, -0.05) is 172 Å². The molecule has 10 aromatic rings. The summed E-state index contributed by atoms with van der Waals surface area (Å²) < 4.78 is 6.45. The van der Waals surface area contributed by atoms with Crippen LogP contribution in [-0.4, -0.2) is 0 Å². The Bertz CT molecular complexity index is 3160. The molecule has 11 rings (SSSR count). The van der Waals surface area contributed by atoms with E-state index in [1.54, 1.807) is 0 Å². The van der Waals surface area contributed by atoms with Crippen LogP contribution in [0.1, 0.15) is 25.0 Å². The van der Waals surface area contributed by atoms with Gasteiger partial charge in [-0.3, -0.25) is 0 Å². The molecular weight excluding hydrogens is 691 g/mol. The van der Waals surface area contributed by atoms with Gasteiger partial charge in [0.1, 0.15) is 11.2 Å². The molecule has 270 valence electrons. The number of benzene rings is 9. The van der Waals surface area contributed by atoms with Gasteiger partial charge in [0.25, 0.3) is 0 Å². The van der Waals surface area contributed by atoms with Crippen molar-refractivity contribution in [1.29, 1.82) is 0 Å². The summed E-state index contributed by atoms with van der Waals surface area (Å²) in [5.41, 5.74) is 17.3. The predicted octanol–water partition coefficient (Wildman–Crippen LogP) is 15.5. The second-order valence-corrected chi connectivity index (χ2v) is 15.7. The van der Waals surface area contributed by atoms with Crippen LogP contribution in [0.2, 0.25) is 0 Å². The highest BCUT2D eigenvalue weighted by molar-refractivity contribution is 6.08. The van der Waals surface area contributed by atoms with Crippen molar-refractivity contribution >= 4 is 49.8 Å². The molecule has 0 fully saturated rings. The smallest absolute Gasteiger partial charge is 0.136 e. The van der Waals surface area contributed by atoms with Crippen molar-refractivity contribution in [3.63, 3.8) is 0 Å². The molecule has 1 aromatic heterocycles. The highest BCUT2D eigenvalue weighted by Gasteiger charge is 2.35. The molecule has 0 bridgehead atoms. The van der Waals surface area contributed by atoms with Crippen molar-refractivity contribution < 1.29 is 4.42 Å². The third kappa shape index (κ3) is 5.25. The molecule has 0 spiro atoms. The van der Waals surface area contributed by atoms with Crippen LogP contribution in [0.3, 0.4) is 0 Å². The lowest BCUT2D eigenvalue weighted by molar-refractivity contribution is 0.660. The summed E-state index contributed by atoms with van der Waals surface area (Å²) in [4.78, 5) is 2.49. The van der Waals surface area contributed by atoms with E-state index in [0.29, 0.717) is 0 Å². The van der Waals surface area contributed by atoms with E-state index in [2.05, 4.69) is 207 Å². The summed E-state index contributed by atoms with van der Waals surface area (Å²) in [5.74, 6) is 0. The third-order valence-corrected chi connectivity index (χ3v) is 12.1. The molecule has 57 heavy (non-hydrogen) atoms. The number of nitrogens with zero attached hydrogens (tertiary/aromatic N) is 1. The van der Waals surface area contributed by atoms with Crippen LogP contribution in [0.5, 0.6) is 0 Å². The molecule has 1 heterocycles. The summed E-state index contributed by atoms with van der Waals surface area (Å²) in [6.07, 6.45) is 0. The van der Waals surface area contributed by atoms with Crippen LogP contribution in [0.15, 0.2) is 205 Å². The van der Waals surface area contributed by atoms with E-state index < -0.39 is 0 Å². The van der Waals surface area contributed by atoms with E-state index in [0.717, 1.165) is 50.1 Å². The number of rotatable bonds is 6. The zero-order chi connectivity index (χ0) is 38.1. The van der Waals surface area contributed by atoms with Gasteiger partial charge in [-0.15, -0.1) is 0 Å². The van der Waals surface area contributed by atoms with E-state index in [4.69, 9.17) is 4.42 Å². The Morgan fingerprint density at radius 2 is 0.982 bits per heavy atom. The van der Waals surface area contributed by atoms with Crippen molar-refractivity contribution in [2.75, 3.05) is 4.90 Å². The average molecular weight is 730 g/mol. The number of hydrogen-bond acceptors (Lipinski definition) is 2. The molecule has 0 unspecified atom stereocenters. The minimum atomic E-state index is -0.0822. The zero-order valence-corrected chi connectivity index (χ0v) is 31.9. The Morgan fingerprint density at radius 1 is 0.368 bits per heavy atom. The van der Waals surface area contributed by atoms with Crippen LogP contribution < -0.4 is 4.90 Å². The largest absolute Gasteiger partial charge is 0.456 e. The van der Waals surface area contributed by atoms with E-state index in [1.807, 2.05) is 12.1 Å². The molecule has 0 amide bonds.